The molecule has 3 aromatic rings. The zero-order chi connectivity index (χ0) is 19.2. The van der Waals surface area contributed by atoms with Crippen LogP contribution in [0.5, 0.6) is 5.75 Å². The number of thiocarbonyl (C=S) groups is 1. The highest BCUT2D eigenvalue weighted by atomic mass is 35.5. The Bertz CT molecular complexity index is 913. The van der Waals surface area contributed by atoms with Gasteiger partial charge in [-0.1, -0.05) is 71.8 Å². The van der Waals surface area contributed by atoms with E-state index in [4.69, 9.17) is 28.6 Å². The first-order valence-corrected chi connectivity index (χ1v) is 9.38. The first-order chi connectivity index (χ1) is 13.1. The van der Waals surface area contributed by atoms with Crippen molar-refractivity contribution in [3.63, 3.8) is 0 Å². The molecule has 0 amide bonds. The van der Waals surface area contributed by atoms with Crippen molar-refractivity contribution in [1.82, 2.24) is 5.32 Å². The normalized spacial score (nSPS) is 11.5. The molecule has 0 fully saturated rings. The van der Waals surface area contributed by atoms with Crippen LogP contribution in [0.15, 0.2) is 72.8 Å². The standard InChI is InChI=1S/C22H21ClN2OS/c1-15-8-10-17(11-9-15)21(16-6-4-3-5-7-16)25-22(27)24-18-12-13-20(26-2)19(23)14-18/h3-14,21H,1-2H3,(H2,24,25,27)/t21-/m1/s1. The van der Waals surface area contributed by atoms with Crippen molar-refractivity contribution < 1.29 is 4.74 Å². The average molecular weight is 397 g/mol. The minimum atomic E-state index is -0.0551. The van der Waals surface area contributed by atoms with Gasteiger partial charge in [-0.15, -0.1) is 0 Å². The van der Waals surface area contributed by atoms with E-state index in [-0.39, 0.29) is 6.04 Å². The van der Waals surface area contributed by atoms with Gasteiger partial charge in [-0.2, -0.15) is 0 Å². The van der Waals surface area contributed by atoms with Gasteiger partial charge >= 0.3 is 0 Å². The number of ether oxygens (including phenoxy) is 1. The predicted molar refractivity (Wildman–Crippen MR) is 117 cm³/mol. The lowest BCUT2D eigenvalue weighted by Crippen LogP contribution is -2.33. The van der Waals surface area contributed by atoms with Gasteiger partial charge in [-0.3, -0.25) is 0 Å². The van der Waals surface area contributed by atoms with E-state index in [2.05, 4.69) is 54.0 Å². The SMILES string of the molecule is COc1ccc(NC(=S)N[C@H](c2ccccc2)c2ccc(C)cc2)cc1Cl. The molecule has 3 aromatic carbocycles. The fourth-order valence-electron chi connectivity index (χ4n) is 2.81. The zero-order valence-electron chi connectivity index (χ0n) is 15.2. The molecule has 138 valence electrons. The highest BCUT2D eigenvalue weighted by molar-refractivity contribution is 7.80. The summed E-state index contributed by atoms with van der Waals surface area (Å²) in [4.78, 5) is 0. The number of rotatable bonds is 5. The summed E-state index contributed by atoms with van der Waals surface area (Å²) in [5.74, 6) is 0.628. The molecule has 0 bridgehead atoms. The van der Waals surface area contributed by atoms with Gasteiger partial charge in [0.1, 0.15) is 5.75 Å². The maximum atomic E-state index is 6.20. The molecule has 0 aliphatic carbocycles. The topological polar surface area (TPSA) is 33.3 Å². The molecule has 0 aromatic heterocycles. The lowest BCUT2D eigenvalue weighted by atomic mass is 9.98. The number of anilines is 1. The second-order valence-electron chi connectivity index (χ2n) is 6.20. The van der Waals surface area contributed by atoms with Gasteiger partial charge in [-0.05, 0) is 48.5 Å². The third-order valence-corrected chi connectivity index (χ3v) is 4.74. The largest absolute Gasteiger partial charge is 0.495 e. The number of halogens is 1. The summed E-state index contributed by atoms with van der Waals surface area (Å²) < 4.78 is 5.19. The van der Waals surface area contributed by atoms with Crippen molar-refractivity contribution in [1.29, 1.82) is 0 Å². The molecule has 0 saturated heterocycles. The van der Waals surface area contributed by atoms with Crippen LogP contribution in [0.2, 0.25) is 5.02 Å². The van der Waals surface area contributed by atoms with Crippen LogP contribution in [-0.2, 0) is 0 Å². The average Bonchev–Trinajstić information content (AvgIpc) is 2.68. The molecule has 3 rings (SSSR count). The first-order valence-electron chi connectivity index (χ1n) is 8.59. The Morgan fingerprint density at radius 1 is 0.963 bits per heavy atom. The van der Waals surface area contributed by atoms with Crippen molar-refractivity contribution >= 4 is 34.6 Å². The Morgan fingerprint density at radius 3 is 2.26 bits per heavy atom. The molecule has 0 aliphatic rings. The number of methoxy groups -OCH3 is 1. The summed E-state index contributed by atoms with van der Waals surface area (Å²) in [5, 5.41) is 7.66. The van der Waals surface area contributed by atoms with Crippen LogP contribution in [-0.4, -0.2) is 12.2 Å². The number of benzene rings is 3. The van der Waals surface area contributed by atoms with Crippen molar-refractivity contribution in [3.05, 3.63) is 94.5 Å². The van der Waals surface area contributed by atoms with Crippen LogP contribution in [0.25, 0.3) is 0 Å². The first kappa shape index (κ1) is 19.2. The second-order valence-corrected chi connectivity index (χ2v) is 7.02. The lowest BCUT2D eigenvalue weighted by Gasteiger charge is -2.22. The third kappa shape index (κ3) is 5.00. The van der Waals surface area contributed by atoms with Crippen molar-refractivity contribution in [2.45, 2.75) is 13.0 Å². The minimum Gasteiger partial charge on any atom is -0.495 e. The van der Waals surface area contributed by atoms with Crippen molar-refractivity contribution in [2.75, 3.05) is 12.4 Å². The summed E-state index contributed by atoms with van der Waals surface area (Å²) in [6, 6.07) is 24.1. The summed E-state index contributed by atoms with van der Waals surface area (Å²) in [5.41, 5.74) is 4.30. The monoisotopic (exact) mass is 396 g/mol. The van der Waals surface area contributed by atoms with Gasteiger partial charge in [0.15, 0.2) is 5.11 Å². The van der Waals surface area contributed by atoms with E-state index in [0.29, 0.717) is 15.9 Å². The van der Waals surface area contributed by atoms with Gasteiger partial charge in [0.2, 0.25) is 0 Å². The fourth-order valence-corrected chi connectivity index (χ4v) is 3.30. The maximum absolute atomic E-state index is 6.20. The van der Waals surface area contributed by atoms with E-state index >= 15 is 0 Å². The number of nitrogens with one attached hydrogen (secondary N) is 2. The Kier molecular flexibility index (Phi) is 6.32. The molecule has 0 spiro atoms. The maximum Gasteiger partial charge on any atom is 0.171 e. The molecule has 0 aliphatic heterocycles. The van der Waals surface area contributed by atoms with Gasteiger partial charge in [0.05, 0.1) is 18.2 Å². The third-order valence-electron chi connectivity index (χ3n) is 4.23. The van der Waals surface area contributed by atoms with Gasteiger partial charge in [0.25, 0.3) is 0 Å². The van der Waals surface area contributed by atoms with Crippen molar-refractivity contribution in [3.8, 4) is 5.75 Å². The van der Waals surface area contributed by atoms with E-state index in [9.17, 15) is 0 Å². The molecule has 3 nitrogen and oxygen atoms in total. The van der Waals surface area contributed by atoms with Crippen molar-refractivity contribution in [2.24, 2.45) is 0 Å². The van der Waals surface area contributed by atoms with Crippen LogP contribution in [0.4, 0.5) is 5.69 Å². The van der Waals surface area contributed by atoms with E-state index in [0.717, 1.165) is 16.8 Å². The van der Waals surface area contributed by atoms with Crippen LogP contribution < -0.4 is 15.4 Å². The Hall–Kier alpha value is -2.56. The highest BCUT2D eigenvalue weighted by Crippen LogP contribution is 2.27. The second kappa shape index (κ2) is 8.89. The molecular weight excluding hydrogens is 376 g/mol. The van der Waals surface area contributed by atoms with E-state index < -0.39 is 0 Å². The van der Waals surface area contributed by atoms with E-state index in [1.165, 1.54) is 5.56 Å². The van der Waals surface area contributed by atoms with Gasteiger partial charge in [0, 0.05) is 5.69 Å². The molecular formula is C22H21ClN2OS. The van der Waals surface area contributed by atoms with E-state index in [1.807, 2.05) is 30.3 Å². The molecule has 0 heterocycles. The van der Waals surface area contributed by atoms with Crippen LogP contribution >= 0.6 is 23.8 Å². The molecule has 1 atom stereocenters. The molecule has 0 saturated carbocycles. The minimum absolute atomic E-state index is 0.0551. The van der Waals surface area contributed by atoms with Crippen LogP contribution in [0.3, 0.4) is 0 Å². The molecule has 2 N–H and O–H groups in total. The van der Waals surface area contributed by atoms with Crippen LogP contribution in [0, 0.1) is 6.92 Å². The molecule has 0 radical (unpaired) electrons. The zero-order valence-corrected chi connectivity index (χ0v) is 16.8. The highest BCUT2D eigenvalue weighted by Gasteiger charge is 2.15. The summed E-state index contributed by atoms with van der Waals surface area (Å²) in [6.45, 7) is 2.08. The lowest BCUT2D eigenvalue weighted by molar-refractivity contribution is 0.415. The quantitative estimate of drug-likeness (QED) is 0.539. The fraction of sp³-hybridized carbons (Fsp3) is 0.136. The number of aryl methyl sites for hydroxylation is 1. The van der Waals surface area contributed by atoms with Crippen LogP contribution in [0.1, 0.15) is 22.7 Å². The van der Waals surface area contributed by atoms with E-state index in [1.54, 1.807) is 13.2 Å². The Labute approximate surface area is 170 Å². The summed E-state index contributed by atoms with van der Waals surface area (Å²) in [7, 11) is 1.59. The molecule has 27 heavy (non-hydrogen) atoms. The summed E-state index contributed by atoms with van der Waals surface area (Å²) in [6.07, 6.45) is 0. The van der Waals surface area contributed by atoms with Gasteiger partial charge in [-0.25, -0.2) is 0 Å². The van der Waals surface area contributed by atoms with Gasteiger partial charge < -0.3 is 15.4 Å². The number of hydrogen-bond acceptors (Lipinski definition) is 2. The predicted octanol–water partition coefficient (Wildman–Crippen LogP) is 5.73. The summed E-state index contributed by atoms with van der Waals surface area (Å²) >= 11 is 11.7. The number of hydrogen-bond donors (Lipinski definition) is 2. The smallest absolute Gasteiger partial charge is 0.171 e. The molecule has 0 unspecified atom stereocenters. The Morgan fingerprint density at radius 2 is 1.63 bits per heavy atom. The molecule has 5 heteroatoms. The Balaban J connectivity index is 1.80.